The van der Waals surface area contributed by atoms with E-state index in [1.807, 2.05) is 0 Å². The topological polar surface area (TPSA) is 46.6 Å². The smallest absolute Gasteiger partial charge is 0.374 e. The third kappa shape index (κ3) is 1.00. The average molecular weight is 241 g/mol. The van der Waals surface area contributed by atoms with Gasteiger partial charge in [-0.05, 0) is 6.92 Å². The second-order valence-electron chi connectivity index (χ2n) is 1.67. The minimum atomic E-state index is -0.576. The lowest BCUT2D eigenvalue weighted by Crippen LogP contribution is -2.21. The van der Waals surface area contributed by atoms with Crippen LogP contribution in [0.25, 0.3) is 0 Å². The largest absolute Gasteiger partial charge is 0.427 e. The average Bonchev–Trinajstić information content (AvgIpc) is 1.98. The highest BCUT2D eigenvalue weighted by molar-refractivity contribution is 14.1. The molecule has 0 aromatic heterocycles. The van der Waals surface area contributed by atoms with Gasteiger partial charge in [0.25, 0.3) is 0 Å². The second kappa shape index (κ2) is 2.13. The zero-order chi connectivity index (χ0) is 7.02. The first-order valence-electron chi connectivity index (χ1n) is 2.33. The van der Waals surface area contributed by atoms with Crippen LogP contribution in [0, 0.1) is 0 Å². The van der Waals surface area contributed by atoms with Crippen molar-refractivity contribution in [3.8, 4) is 0 Å². The number of nitrogens with zero attached hydrogens (tertiary/aromatic N) is 1. The van der Waals surface area contributed by atoms with Crippen molar-refractivity contribution >= 4 is 34.9 Å². The molecule has 0 saturated carbocycles. The molecule has 5 heteroatoms. The van der Waals surface area contributed by atoms with Gasteiger partial charge in [-0.25, -0.2) is 12.7 Å². The number of carbonyl (C=O) groups excluding carboxylic acids is 2. The Labute approximate surface area is 65.6 Å². The quantitative estimate of drug-likeness (QED) is 0.271. The summed E-state index contributed by atoms with van der Waals surface area (Å²) in [7, 11) is 0. The van der Waals surface area contributed by atoms with Crippen LogP contribution in [-0.4, -0.2) is 21.2 Å². The number of halogens is 1. The Balaban J connectivity index is 2.77. The lowest BCUT2D eigenvalue weighted by Gasteiger charge is -2.02. The molecule has 1 aliphatic rings. The molecular formula is C4H4INO3. The SMILES string of the molecule is C[C@H]1C(=O)OC(=O)N1I. The third-order valence-electron chi connectivity index (χ3n) is 1.04. The predicted octanol–water partition coefficient (Wildman–Crippen LogP) is 0.704. The number of hydrogen-bond donors (Lipinski definition) is 0. The lowest BCUT2D eigenvalue weighted by molar-refractivity contribution is -0.135. The number of cyclic esters (lactones) is 2. The number of carbonyl (C=O) groups is 2. The van der Waals surface area contributed by atoms with Gasteiger partial charge in [0.1, 0.15) is 6.04 Å². The fourth-order valence-corrected chi connectivity index (χ4v) is 0.791. The van der Waals surface area contributed by atoms with Crippen LogP contribution in [-0.2, 0) is 9.53 Å². The van der Waals surface area contributed by atoms with E-state index in [9.17, 15) is 9.59 Å². The fourth-order valence-electron chi connectivity index (χ4n) is 0.466. The minimum Gasteiger partial charge on any atom is -0.374 e. The highest BCUT2D eigenvalue weighted by Crippen LogP contribution is 2.17. The first-order valence-corrected chi connectivity index (χ1v) is 3.30. The van der Waals surface area contributed by atoms with Gasteiger partial charge >= 0.3 is 12.1 Å². The van der Waals surface area contributed by atoms with Crippen LogP contribution in [0.1, 0.15) is 6.92 Å². The molecule has 0 aliphatic carbocycles. The highest BCUT2D eigenvalue weighted by atomic mass is 127. The van der Waals surface area contributed by atoms with Gasteiger partial charge in [-0.3, -0.25) is 0 Å². The van der Waals surface area contributed by atoms with E-state index < -0.39 is 18.1 Å². The van der Waals surface area contributed by atoms with Crippen molar-refractivity contribution in [2.45, 2.75) is 13.0 Å². The van der Waals surface area contributed by atoms with Crippen molar-refractivity contribution in [1.29, 1.82) is 0 Å². The standard InChI is InChI=1S/C4H4INO3/c1-2-3(7)9-4(8)6(2)5/h2H,1H3/t2-/m0/s1. The van der Waals surface area contributed by atoms with Crippen molar-refractivity contribution in [2.24, 2.45) is 0 Å². The van der Waals surface area contributed by atoms with Crippen LogP contribution < -0.4 is 0 Å². The Morgan fingerprint density at radius 2 is 2.22 bits per heavy atom. The Hall–Kier alpha value is -0.330. The van der Waals surface area contributed by atoms with E-state index in [1.165, 1.54) is 3.11 Å². The molecule has 0 aromatic rings. The van der Waals surface area contributed by atoms with Gasteiger partial charge in [-0.1, -0.05) is 0 Å². The van der Waals surface area contributed by atoms with Crippen molar-refractivity contribution in [1.82, 2.24) is 3.11 Å². The van der Waals surface area contributed by atoms with Crippen LogP contribution in [0.15, 0.2) is 0 Å². The number of ether oxygens (including phenoxy) is 1. The molecule has 1 aliphatic heterocycles. The van der Waals surface area contributed by atoms with Crippen molar-refractivity contribution in [3.05, 3.63) is 0 Å². The summed E-state index contributed by atoms with van der Waals surface area (Å²) < 4.78 is 5.45. The first-order chi connectivity index (χ1) is 4.13. The van der Waals surface area contributed by atoms with E-state index in [-0.39, 0.29) is 0 Å². The molecule has 1 rings (SSSR count). The van der Waals surface area contributed by atoms with E-state index >= 15 is 0 Å². The normalized spacial score (nSPS) is 26.9. The maximum absolute atomic E-state index is 10.5. The first kappa shape index (κ1) is 6.79. The Kier molecular flexibility index (Phi) is 1.60. The zero-order valence-electron chi connectivity index (χ0n) is 4.63. The van der Waals surface area contributed by atoms with Crippen molar-refractivity contribution < 1.29 is 14.3 Å². The number of esters is 1. The molecule has 4 nitrogen and oxygen atoms in total. The highest BCUT2D eigenvalue weighted by Gasteiger charge is 2.36. The second-order valence-corrected chi connectivity index (χ2v) is 2.71. The zero-order valence-corrected chi connectivity index (χ0v) is 6.78. The van der Waals surface area contributed by atoms with Gasteiger partial charge in [0.05, 0.1) is 22.9 Å². The summed E-state index contributed by atoms with van der Waals surface area (Å²) in [6.45, 7) is 1.61. The molecule has 0 aromatic carbocycles. The maximum atomic E-state index is 10.5. The van der Waals surface area contributed by atoms with Gasteiger partial charge in [-0.2, -0.15) is 0 Å². The molecular weight excluding hydrogens is 237 g/mol. The number of rotatable bonds is 0. The molecule has 9 heavy (non-hydrogen) atoms. The van der Waals surface area contributed by atoms with Crippen molar-refractivity contribution in [3.63, 3.8) is 0 Å². The molecule has 0 unspecified atom stereocenters. The van der Waals surface area contributed by atoms with E-state index in [0.717, 1.165) is 0 Å². The molecule has 1 amide bonds. The molecule has 1 atom stereocenters. The predicted molar refractivity (Wildman–Crippen MR) is 36.8 cm³/mol. The van der Waals surface area contributed by atoms with E-state index in [4.69, 9.17) is 0 Å². The van der Waals surface area contributed by atoms with Crippen LogP contribution >= 0.6 is 22.9 Å². The Bertz CT molecular complexity index is 151. The third-order valence-corrected chi connectivity index (χ3v) is 2.27. The summed E-state index contributed by atoms with van der Waals surface area (Å²) in [5.41, 5.74) is 0. The monoisotopic (exact) mass is 241 g/mol. The van der Waals surface area contributed by atoms with Crippen LogP contribution in [0.4, 0.5) is 4.79 Å². The van der Waals surface area contributed by atoms with E-state index in [0.29, 0.717) is 0 Å². The summed E-state index contributed by atoms with van der Waals surface area (Å²) in [5.74, 6) is -0.477. The van der Waals surface area contributed by atoms with Crippen LogP contribution in [0.3, 0.4) is 0 Å². The summed E-state index contributed by atoms with van der Waals surface area (Å²) in [4.78, 5) is 21.0. The maximum Gasteiger partial charge on any atom is 0.427 e. The summed E-state index contributed by atoms with van der Waals surface area (Å²) in [6, 6.07) is -0.432. The molecule has 1 heterocycles. The molecule has 0 N–H and O–H groups in total. The number of hydrogen-bond acceptors (Lipinski definition) is 3. The van der Waals surface area contributed by atoms with Gasteiger partial charge in [0.15, 0.2) is 0 Å². The molecule has 0 bridgehead atoms. The molecule has 0 spiro atoms. The van der Waals surface area contributed by atoms with Gasteiger partial charge in [0, 0.05) is 0 Å². The molecule has 0 radical (unpaired) electrons. The Morgan fingerprint density at radius 1 is 1.67 bits per heavy atom. The van der Waals surface area contributed by atoms with Crippen molar-refractivity contribution in [2.75, 3.05) is 0 Å². The van der Waals surface area contributed by atoms with Gasteiger partial charge < -0.3 is 4.74 Å². The molecule has 50 valence electrons. The summed E-state index contributed by atoms with van der Waals surface area (Å²) in [5, 5.41) is 0. The Morgan fingerprint density at radius 3 is 2.33 bits per heavy atom. The minimum absolute atomic E-state index is 0.432. The molecule has 1 fully saturated rings. The lowest BCUT2D eigenvalue weighted by atomic mass is 10.4. The molecule has 1 saturated heterocycles. The van der Waals surface area contributed by atoms with Crippen LogP contribution in [0.2, 0.25) is 0 Å². The summed E-state index contributed by atoms with van der Waals surface area (Å²) >= 11 is 1.74. The van der Waals surface area contributed by atoms with E-state index in [2.05, 4.69) is 4.74 Å². The number of amides is 1. The van der Waals surface area contributed by atoms with Crippen LogP contribution in [0.5, 0.6) is 0 Å². The van der Waals surface area contributed by atoms with Gasteiger partial charge in [0.2, 0.25) is 0 Å². The van der Waals surface area contributed by atoms with E-state index in [1.54, 1.807) is 29.8 Å². The fraction of sp³-hybridized carbons (Fsp3) is 0.500. The summed E-state index contributed by atoms with van der Waals surface area (Å²) in [6.07, 6.45) is -0.576. The van der Waals surface area contributed by atoms with Gasteiger partial charge in [-0.15, -0.1) is 0 Å².